The SMILES string of the molecule is C=CCn1c(Cc2ccc(OC)cc2)nnc1SCC(=O)Nc1sc2c(c1C#N)CCC(CC)C2. The summed E-state index contributed by atoms with van der Waals surface area (Å²) in [6.45, 7) is 6.61. The van der Waals surface area contributed by atoms with Gasteiger partial charge in [-0.15, -0.1) is 28.1 Å². The zero-order valence-corrected chi connectivity index (χ0v) is 21.7. The molecular formula is C26H29N5O2S2. The first-order valence-corrected chi connectivity index (χ1v) is 13.5. The largest absolute Gasteiger partial charge is 0.497 e. The van der Waals surface area contributed by atoms with Crippen molar-refractivity contribution in [1.29, 1.82) is 5.26 Å². The number of nitrogens with zero attached hydrogens (tertiary/aromatic N) is 4. The zero-order chi connectivity index (χ0) is 24.8. The molecule has 2 aromatic heterocycles. The number of benzene rings is 1. The van der Waals surface area contributed by atoms with Gasteiger partial charge in [0, 0.05) is 17.8 Å². The number of anilines is 1. The molecule has 3 aromatic rings. The number of thioether (sulfide) groups is 1. The fourth-order valence-corrected chi connectivity index (χ4v) is 6.39. The molecule has 0 aliphatic heterocycles. The first-order valence-electron chi connectivity index (χ1n) is 11.7. The van der Waals surface area contributed by atoms with E-state index in [1.807, 2.05) is 28.8 Å². The fraction of sp³-hybridized carbons (Fsp3) is 0.385. The lowest BCUT2D eigenvalue weighted by Crippen LogP contribution is -2.15. The molecule has 0 bridgehead atoms. The van der Waals surface area contributed by atoms with E-state index in [0.29, 0.717) is 34.6 Å². The van der Waals surface area contributed by atoms with Gasteiger partial charge in [-0.2, -0.15) is 5.26 Å². The first kappa shape index (κ1) is 25.0. The number of rotatable bonds is 10. The van der Waals surface area contributed by atoms with Gasteiger partial charge in [-0.25, -0.2) is 0 Å². The van der Waals surface area contributed by atoms with Crippen LogP contribution in [0.5, 0.6) is 5.75 Å². The highest BCUT2D eigenvalue weighted by atomic mass is 32.2. The van der Waals surface area contributed by atoms with Crippen LogP contribution in [0.25, 0.3) is 0 Å². The minimum Gasteiger partial charge on any atom is -0.497 e. The van der Waals surface area contributed by atoms with Crippen LogP contribution in [0.15, 0.2) is 42.1 Å². The van der Waals surface area contributed by atoms with Crippen LogP contribution in [-0.4, -0.2) is 33.5 Å². The Kier molecular flexibility index (Phi) is 8.26. The summed E-state index contributed by atoms with van der Waals surface area (Å²) in [4.78, 5) is 14.0. The second kappa shape index (κ2) is 11.6. The molecule has 7 nitrogen and oxygen atoms in total. The lowest BCUT2D eigenvalue weighted by atomic mass is 9.86. The van der Waals surface area contributed by atoms with Crippen molar-refractivity contribution >= 4 is 34.0 Å². The molecular weight excluding hydrogens is 478 g/mol. The van der Waals surface area contributed by atoms with E-state index in [1.54, 1.807) is 24.5 Å². The Labute approximate surface area is 214 Å². The highest BCUT2D eigenvalue weighted by Crippen LogP contribution is 2.40. The maximum absolute atomic E-state index is 12.8. The molecule has 2 heterocycles. The van der Waals surface area contributed by atoms with Crippen molar-refractivity contribution < 1.29 is 9.53 Å². The summed E-state index contributed by atoms with van der Waals surface area (Å²) < 4.78 is 7.20. The molecule has 1 unspecified atom stereocenters. The number of hydrogen-bond donors (Lipinski definition) is 1. The first-order chi connectivity index (χ1) is 17.1. The van der Waals surface area contributed by atoms with Crippen LogP contribution in [0.4, 0.5) is 5.00 Å². The van der Waals surface area contributed by atoms with Crippen molar-refractivity contribution in [2.45, 2.75) is 50.7 Å². The topological polar surface area (TPSA) is 92.8 Å². The summed E-state index contributed by atoms with van der Waals surface area (Å²) in [6, 6.07) is 10.2. The van der Waals surface area contributed by atoms with Crippen molar-refractivity contribution in [3.8, 4) is 11.8 Å². The van der Waals surface area contributed by atoms with Crippen molar-refractivity contribution in [3.63, 3.8) is 0 Å². The summed E-state index contributed by atoms with van der Waals surface area (Å²) in [6.07, 6.45) is 6.57. The number of fused-ring (bicyclic) bond motifs is 1. The van der Waals surface area contributed by atoms with Crippen LogP contribution in [0, 0.1) is 17.2 Å². The van der Waals surface area contributed by atoms with Gasteiger partial charge in [-0.05, 0) is 48.4 Å². The van der Waals surface area contributed by atoms with Crippen molar-refractivity contribution in [2.24, 2.45) is 5.92 Å². The van der Waals surface area contributed by atoms with E-state index in [2.05, 4.69) is 35.1 Å². The van der Waals surface area contributed by atoms with Crippen LogP contribution in [-0.2, 0) is 30.6 Å². The molecule has 1 N–H and O–H groups in total. The third-order valence-electron chi connectivity index (χ3n) is 6.27. The minimum atomic E-state index is -0.151. The van der Waals surface area contributed by atoms with E-state index in [9.17, 15) is 10.1 Å². The molecule has 0 saturated carbocycles. The van der Waals surface area contributed by atoms with Gasteiger partial charge in [0.2, 0.25) is 5.91 Å². The average molecular weight is 508 g/mol. The predicted octanol–water partition coefficient (Wildman–Crippen LogP) is 5.24. The second-order valence-corrected chi connectivity index (χ2v) is 10.5. The Morgan fingerprint density at radius 3 is 2.89 bits per heavy atom. The molecule has 1 atom stereocenters. The molecule has 4 rings (SSSR count). The lowest BCUT2D eigenvalue weighted by Gasteiger charge is -2.20. The van der Waals surface area contributed by atoms with Gasteiger partial charge in [0.1, 0.15) is 22.6 Å². The molecule has 182 valence electrons. The number of ether oxygens (including phenoxy) is 1. The second-order valence-electron chi connectivity index (χ2n) is 8.50. The van der Waals surface area contributed by atoms with E-state index in [-0.39, 0.29) is 11.7 Å². The number of nitrogens with one attached hydrogen (secondary N) is 1. The Balaban J connectivity index is 1.42. The number of carbonyl (C=O) groups excluding carboxylic acids is 1. The van der Waals surface area contributed by atoms with Crippen LogP contribution in [0.3, 0.4) is 0 Å². The van der Waals surface area contributed by atoms with Gasteiger partial charge in [-0.3, -0.25) is 4.79 Å². The zero-order valence-electron chi connectivity index (χ0n) is 20.0. The third kappa shape index (κ3) is 5.77. The molecule has 9 heteroatoms. The third-order valence-corrected chi connectivity index (χ3v) is 8.40. The molecule has 0 spiro atoms. The quantitative estimate of drug-likeness (QED) is 0.298. The number of aromatic nitrogens is 3. The molecule has 0 fully saturated rings. The fourth-order valence-electron chi connectivity index (χ4n) is 4.30. The highest BCUT2D eigenvalue weighted by Gasteiger charge is 2.26. The number of amides is 1. The Morgan fingerprint density at radius 2 is 2.20 bits per heavy atom. The smallest absolute Gasteiger partial charge is 0.235 e. The van der Waals surface area contributed by atoms with Crippen LogP contribution in [0.1, 0.15) is 47.2 Å². The van der Waals surface area contributed by atoms with Crippen molar-refractivity contribution in [3.05, 3.63) is 64.3 Å². The van der Waals surface area contributed by atoms with Crippen LogP contribution in [0.2, 0.25) is 0 Å². The molecule has 1 aromatic carbocycles. The number of allylic oxidation sites excluding steroid dienone is 1. The molecule has 1 aliphatic rings. The number of hydrogen-bond acceptors (Lipinski definition) is 7. The summed E-state index contributed by atoms with van der Waals surface area (Å²) in [5, 5.41) is 22.7. The normalized spacial score (nSPS) is 14.7. The maximum atomic E-state index is 12.8. The van der Waals surface area contributed by atoms with E-state index < -0.39 is 0 Å². The standard InChI is InChI=1S/C26H29N5O2S2/c1-4-12-31-23(14-18-6-9-19(33-3)10-7-18)29-30-26(31)34-16-24(32)28-25-21(15-27)20-11-8-17(5-2)13-22(20)35-25/h4,6-7,9-10,17H,1,5,8,11-14,16H2,2-3H3,(H,28,32). The number of thiophene rings is 1. The van der Waals surface area contributed by atoms with Gasteiger partial charge < -0.3 is 14.6 Å². The summed E-state index contributed by atoms with van der Waals surface area (Å²) in [7, 11) is 1.64. The Bertz CT molecular complexity index is 1240. The average Bonchev–Trinajstić information content (AvgIpc) is 3.42. The Hall–Kier alpha value is -3.09. The van der Waals surface area contributed by atoms with Gasteiger partial charge in [0.05, 0.1) is 18.4 Å². The molecule has 1 aliphatic carbocycles. The van der Waals surface area contributed by atoms with E-state index in [4.69, 9.17) is 4.74 Å². The van der Waals surface area contributed by atoms with Gasteiger partial charge in [0.15, 0.2) is 5.16 Å². The summed E-state index contributed by atoms with van der Waals surface area (Å²) >= 11 is 2.89. The van der Waals surface area contributed by atoms with Crippen molar-refractivity contribution in [1.82, 2.24) is 14.8 Å². The van der Waals surface area contributed by atoms with Gasteiger partial charge in [0.25, 0.3) is 0 Å². The molecule has 35 heavy (non-hydrogen) atoms. The number of methoxy groups -OCH3 is 1. The van der Waals surface area contributed by atoms with Crippen LogP contribution < -0.4 is 10.1 Å². The lowest BCUT2D eigenvalue weighted by molar-refractivity contribution is -0.113. The van der Waals surface area contributed by atoms with Gasteiger partial charge >= 0.3 is 0 Å². The molecule has 0 saturated heterocycles. The van der Waals surface area contributed by atoms with Gasteiger partial charge in [-0.1, -0.05) is 43.3 Å². The monoisotopic (exact) mass is 507 g/mol. The maximum Gasteiger partial charge on any atom is 0.235 e. The van der Waals surface area contributed by atoms with E-state index >= 15 is 0 Å². The minimum absolute atomic E-state index is 0.151. The van der Waals surface area contributed by atoms with E-state index in [0.717, 1.165) is 48.4 Å². The van der Waals surface area contributed by atoms with E-state index in [1.165, 1.54) is 16.6 Å². The number of nitriles is 1. The van der Waals surface area contributed by atoms with Crippen LogP contribution >= 0.6 is 23.1 Å². The van der Waals surface area contributed by atoms with Crippen molar-refractivity contribution in [2.75, 3.05) is 18.2 Å². The molecule has 0 radical (unpaired) electrons. The predicted molar refractivity (Wildman–Crippen MR) is 140 cm³/mol. The highest BCUT2D eigenvalue weighted by molar-refractivity contribution is 7.99. The Morgan fingerprint density at radius 1 is 1.40 bits per heavy atom. The summed E-state index contributed by atoms with van der Waals surface area (Å²) in [5.41, 5.74) is 2.85. The number of carbonyl (C=O) groups is 1. The summed E-state index contributed by atoms with van der Waals surface area (Å²) in [5.74, 6) is 2.31. The molecule has 1 amide bonds.